The van der Waals surface area contributed by atoms with E-state index in [0.717, 1.165) is 44.0 Å². The second-order valence-electron chi connectivity index (χ2n) is 6.90. The van der Waals surface area contributed by atoms with Crippen LogP contribution in [0.5, 0.6) is 0 Å². The van der Waals surface area contributed by atoms with Crippen LogP contribution in [0.1, 0.15) is 45.3 Å². The number of methoxy groups -OCH3 is 1. The van der Waals surface area contributed by atoms with Crippen LogP contribution in [0.25, 0.3) is 0 Å². The zero-order valence-electron chi connectivity index (χ0n) is 16.6. The third-order valence-corrected chi connectivity index (χ3v) is 4.82. The molecule has 0 aliphatic carbocycles. The molecule has 1 aliphatic heterocycles. The Balaban J connectivity index is 0.00000338. The van der Waals surface area contributed by atoms with Crippen molar-refractivity contribution in [2.45, 2.75) is 51.8 Å². The van der Waals surface area contributed by atoms with Gasteiger partial charge in [0.05, 0.1) is 6.54 Å². The Morgan fingerprint density at radius 1 is 1.23 bits per heavy atom. The molecular formula is C20H35IN4O. The van der Waals surface area contributed by atoms with Gasteiger partial charge in [-0.15, -0.1) is 24.0 Å². The molecule has 1 unspecified atom stereocenters. The SMILES string of the molecule is CCNC(=NCC(OC)c1ccccc1)NC1CCN(C(C)C)CC1.I. The molecule has 1 aromatic rings. The molecule has 148 valence electrons. The van der Waals surface area contributed by atoms with E-state index in [0.29, 0.717) is 18.6 Å². The topological polar surface area (TPSA) is 48.9 Å². The predicted molar refractivity (Wildman–Crippen MR) is 120 cm³/mol. The highest BCUT2D eigenvalue weighted by Crippen LogP contribution is 2.16. The summed E-state index contributed by atoms with van der Waals surface area (Å²) in [6, 6.07) is 11.4. The van der Waals surface area contributed by atoms with Gasteiger partial charge in [-0.2, -0.15) is 0 Å². The molecule has 0 radical (unpaired) electrons. The van der Waals surface area contributed by atoms with Crippen molar-refractivity contribution in [3.63, 3.8) is 0 Å². The number of hydrogen-bond donors (Lipinski definition) is 2. The first-order valence-corrected chi connectivity index (χ1v) is 9.50. The summed E-state index contributed by atoms with van der Waals surface area (Å²) in [5, 5.41) is 6.97. The lowest BCUT2D eigenvalue weighted by Gasteiger charge is -2.35. The minimum Gasteiger partial charge on any atom is -0.375 e. The molecule has 26 heavy (non-hydrogen) atoms. The van der Waals surface area contributed by atoms with Crippen molar-refractivity contribution in [3.8, 4) is 0 Å². The van der Waals surface area contributed by atoms with Crippen LogP contribution >= 0.6 is 24.0 Å². The number of nitrogens with one attached hydrogen (secondary N) is 2. The molecule has 1 saturated heterocycles. The molecule has 0 bridgehead atoms. The first-order chi connectivity index (χ1) is 12.1. The van der Waals surface area contributed by atoms with E-state index in [1.807, 2.05) is 18.2 Å². The standard InChI is InChI=1S/C20H34N4O.HI/c1-5-21-20(23-18-11-13-24(14-12-18)16(2)3)22-15-19(25-4)17-9-7-6-8-10-17;/h6-10,16,18-19H,5,11-15H2,1-4H3,(H2,21,22,23);1H. The quantitative estimate of drug-likeness (QED) is 0.361. The summed E-state index contributed by atoms with van der Waals surface area (Å²) in [5.41, 5.74) is 1.16. The highest BCUT2D eigenvalue weighted by atomic mass is 127. The Morgan fingerprint density at radius 3 is 2.42 bits per heavy atom. The van der Waals surface area contributed by atoms with Crippen LogP contribution in [-0.4, -0.2) is 56.2 Å². The van der Waals surface area contributed by atoms with Gasteiger partial charge in [0.25, 0.3) is 0 Å². The van der Waals surface area contributed by atoms with Gasteiger partial charge >= 0.3 is 0 Å². The number of piperidine rings is 1. The number of aliphatic imine (C=N–C) groups is 1. The molecule has 0 amide bonds. The second-order valence-corrected chi connectivity index (χ2v) is 6.90. The smallest absolute Gasteiger partial charge is 0.191 e. The largest absolute Gasteiger partial charge is 0.375 e. The molecule has 5 nitrogen and oxygen atoms in total. The van der Waals surface area contributed by atoms with Crippen LogP contribution in [0.3, 0.4) is 0 Å². The Hall–Kier alpha value is -0.860. The van der Waals surface area contributed by atoms with E-state index >= 15 is 0 Å². The van der Waals surface area contributed by atoms with Gasteiger partial charge in [0, 0.05) is 38.8 Å². The highest BCUT2D eigenvalue weighted by Gasteiger charge is 2.21. The summed E-state index contributed by atoms with van der Waals surface area (Å²) < 4.78 is 5.63. The van der Waals surface area contributed by atoms with Gasteiger partial charge in [0.2, 0.25) is 0 Å². The van der Waals surface area contributed by atoms with Crippen molar-refractivity contribution in [1.82, 2.24) is 15.5 Å². The summed E-state index contributed by atoms with van der Waals surface area (Å²) in [6.45, 7) is 10.4. The molecule has 1 fully saturated rings. The maximum Gasteiger partial charge on any atom is 0.191 e. The number of ether oxygens (including phenoxy) is 1. The third kappa shape index (κ3) is 7.40. The van der Waals surface area contributed by atoms with E-state index in [-0.39, 0.29) is 30.1 Å². The van der Waals surface area contributed by atoms with Gasteiger partial charge in [-0.05, 0) is 39.2 Å². The highest BCUT2D eigenvalue weighted by molar-refractivity contribution is 14.0. The van der Waals surface area contributed by atoms with Crippen molar-refractivity contribution < 1.29 is 4.74 Å². The molecule has 1 heterocycles. The summed E-state index contributed by atoms with van der Waals surface area (Å²) in [4.78, 5) is 7.31. The number of likely N-dealkylation sites (tertiary alicyclic amines) is 1. The van der Waals surface area contributed by atoms with E-state index in [9.17, 15) is 0 Å². The molecular weight excluding hydrogens is 439 g/mol. The molecule has 0 aromatic heterocycles. The molecule has 1 atom stereocenters. The lowest BCUT2D eigenvalue weighted by atomic mass is 10.0. The first-order valence-electron chi connectivity index (χ1n) is 9.50. The minimum atomic E-state index is -0.0144. The number of nitrogens with zero attached hydrogens (tertiary/aromatic N) is 2. The number of guanidine groups is 1. The second kappa shape index (κ2) is 12.5. The van der Waals surface area contributed by atoms with Crippen molar-refractivity contribution in [2.24, 2.45) is 4.99 Å². The fraction of sp³-hybridized carbons (Fsp3) is 0.650. The van der Waals surface area contributed by atoms with Gasteiger partial charge in [-0.1, -0.05) is 30.3 Å². The van der Waals surface area contributed by atoms with E-state index in [1.54, 1.807) is 7.11 Å². The van der Waals surface area contributed by atoms with Gasteiger partial charge in [-0.3, -0.25) is 4.99 Å². The van der Waals surface area contributed by atoms with Crippen molar-refractivity contribution in [1.29, 1.82) is 0 Å². The van der Waals surface area contributed by atoms with Gasteiger partial charge in [0.1, 0.15) is 6.10 Å². The van der Waals surface area contributed by atoms with Crippen LogP contribution in [0.2, 0.25) is 0 Å². The molecule has 0 saturated carbocycles. The van der Waals surface area contributed by atoms with Gasteiger partial charge < -0.3 is 20.3 Å². The van der Waals surface area contributed by atoms with E-state index < -0.39 is 0 Å². The minimum absolute atomic E-state index is 0. The van der Waals surface area contributed by atoms with E-state index in [4.69, 9.17) is 9.73 Å². The summed E-state index contributed by atoms with van der Waals surface area (Å²) in [5.74, 6) is 0.892. The van der Waals surface area contributed by atoms with E-state index in [1.165, 1.54) is 0 Å². The molecule has 2 rings (SSSR count). The third-order valence-electron chi connectivity index (χ3n) is 4.82. The number of hydrogen-bond acceptors (Lipinski definition) is 3. The van der Waals surface area contributed by atoms with Crippen LogP contribution in [-0.2, 0) is 4.74 Å². The van der Waals surface area contributed by atoms with Crippen LogP contribution < -0.4 is 10.6 Å². The average molecular weight is 474 g/mol. The monoisotopic (exact) mass is 474 g/mol. The number of halogens is 1. The Morgan fingerprint density at radius 2 is 1.88 bits per heavy atom. The average Bonchev–Trinajstić information content (AvgIpc) is 2.63. The fourth-order valence-electron chi connectivity index (χ4n) is 3.23. The van der Waals surface area contributed by atoms with Crippen molar-refractivity contribution in [2.75, 3.05) is 33.3 Å². The molecule has 1 aliphatic rings. The summed E-state index contributed by atoms with van der Waals surface area (Å²) in [7, 11) is 1.75. The predicted octanol–water partition coefficient (Wildman–Crippen LogP) is 3.42. The number of rotatable bonds is 7. The Labute approximate surface area is 176 Å². The van der Waals surface area contributed by atoms with Crippen LogP contribution in [0, 0.1) is 0 Å². The van der Waals surface area contributed by atoms with Gasteiger partial charge in [0.15, 0.2) is 5.96 Å². The van der Waals surface area contributed by atoms with Gasteiger partial charge in [-0.25, -0.2) is 0 Å². The van der Waals surface area contributed by atoms with Crippen LogP contribution in [0.15, 0.2) is 35.3 Å². The lowest BCUT2D eigenvalue weighted by molar-refractivity contribution is 0.111. The normalized spacial score (nSPS) is 17.7. The van der Waals surface area contributed by atoms with Crippen molar-refractivity contribution in [3.05, 3.63) is 35.9 Å². The molecule has 1 aromatic carbocycles. The zero-order chi connectivity index (χ0) is 18.1. The zero-order valence-corrected chi connectivity index (χ0v) is 18.9. The summed E-state index contributed by atoms with van der Waals surface area (Å²) >= 11 is 0. The first kappa shape index (κ1) is 23.2. The lowest BCUT2D eigenvalue weighted by Crippen LogP contribution is -2.50. The van der Waals surface area contributed by atoms with Crippen molar-refractivity contribution >= 4 is 29.9 Å². The Bertz CT molecular complexity index is 516. The maximum atomic E-state index is 5.63. The summed E-state index contributed by atoms with van der Waals surface area (Å²) in [6.07, 6.45) is 2.31. The fourth-order valence-corrected chi connectivity index (χ4v) is 3.23. The maximum absolute atomic E-state index is 5.63. The van der Waals surface area contributed by atoms with Crippen LogP contribution in [0.4, 0.5) is 0 Å². The molecule has 2 N–H and O–H groups in total. The number of benzene rings is 1. The Kier molecular flexibility index (Phi) is 11.2. The van der Waals surface area contributed by atoms with E-state index in [2.05, 4.69) is 48.4 Å². The molecule has 0 spiro atoms. The molecule has 6 heteroatoms.